The molecule has 0 aliphatic heterocycles. The Morgan fingerprint density at radius 1 is 1.11 bits per heavy atom. The van der Waals surface area contributed by atoms with Crippen molar-refractivity contribution in [1.82, 2.24) is 0 Å². The quantitative estimate of drug-likeness (QED) is 0.454. The zero-order valence-electron chi connectivity index (χ0n) is 16.4. The summed E-state index contributed by atoms with van der Waals surface area (Å²) in [5.74, 6) is -0.648. The SMILES string of the molecule is CC(C)(C)OC(=O)Cc1c(CO)ccc([N+](=O)[O-])c1NC(=O)OC(C)(C)C. The van der Waals surface area contributed by atoms with Crippen LogP contribution in [-0.2, 0) is 27.3 Å². The van der Waals surface area contributed by atoms with Gasteiger partial charge in [-0.3, -0.25) is 20.2 Å². The summed E-state index contributed by atoms with van der Waals surface area (Å²) in [6.45, 7) is 9.52. The summed E-state index contributed by atoms with van der Waals surface area (Å²) in [5.41, 5.74) is -1.83. The van der Waals surface area contributed by atoms with Gasteiger partial charge in [-0.2, -0.15) is 0 Å². The van der Waals surface area contributed by atoms with E-state index < -0.39 is 40.5 Å². The van der Waals surface area contributed by atoms with Crippen molar-refractivity contribution in [2.24, 2.45) is 0 Å². The molecule has 0 spiro atoms. The maximum Gasteiger partial charge on any atom is 0.412 e. The standard InChI is InChI=1S/C18H26N2O7/c1-17(2,3)26-14(22)9-12-11(10-21)7-8-13(20(24)25)15(12)19-16(23)27-18(4,5)6/h7-8,21H,9-10H2,1-6H3,(H,19,23). The fourth-order valence-corrected chi connectivity index (χ4v) is 2.25. The highest BCUT2D eigenvalue weighted by Gasteiger charge is 2.27. The zero-order valence-corrected chi connectivity index (χ0v) is 16.4. The van der Waals surface area contributed by atoms with Gasteiger partial charge in [-0.15, -0.1) is 0 Å². The van der Waals surface area contributed by atoms with Crippen LogP contribution in [0.3, 0.4) is 0 Å². The number of hydrogen-bond donors (Lipinski definition) is 2. The van der Waals surface area contributed by atoms with E-state index in [1.165, 1.54) is 6.07 Å². The van der Waals surface area contributed by atoms with Crippen molar-refractivity contribution in [3.05, 3.63) is 33.4 Å². The van der Waals surface area contributed by atoms with Crippen molar-refractivity contribution in [2.75, 3.05) is 5.32 Å². The number of nitrogens with one attached hydrogen (secondary N) is 1. The van der Waals surface area contributed by atoms with E-state index in [4.69, 9.17) is 9.47 Å². The minimum absolute atomic E-state index is 0.104. The maximum absolute atomic E-state index is 12.2. The molecule has 1 rings (SSSR count). The average Bonchev–Trinajstić information content (AvgIpc) is 2.44. The summed E-state index contributed by atoms with van der Waals surface area (Å²) >= 11 is 0. The summed E-state index contributed by atoms with van der Waals surface area (Å²) in [4.78, 5) is 35.1. The molecule has 0 saturated carbocycles. The molecule has 0 bridgehead atoms. The van der Waals surface area contributed by atoms with Crippen molar-refractivity contribution in [1.29, 1.82) is 0 Å². The number of anilines is 1. The predicted octanol–water partition coefficient (Wildman–Crippen LogP) is 3.32. The van der Waals surface area contributed by atoms with Gasteiger partial charge in [-0.1, -0.05) is 0 Å². The maximum atomic E-state index is 12.2. The predicted molar refractivity (Wildman–Crippen MR) is 98.4 cm³/mol. The number of nitro groups is 1. The molecule has 0 saturated heterocycles. The number of esters is 1. The van der Waals surface area contributed by atoms with Gasteiger partial charge in [0.2, 0.25) is 0 Å². The Kier molecular flexibility index (Phi) is 6.91. The molecule has 1 aromatic carbocycles. The zero-order chi connectivity index (χ0) is 21.0. The summed E-state index contributed by atoms with van der Waals surface area (Å²) < 4.78 is 10.4. The van der Waals surface area contributed by atoms with Gasteiger partial charge in [0, 0.05) is 6.07 Å². The van der Waals surface area contributed by atoms with Crippen molar-refractivity contribution in [3.8, 4) is 0 Å². The van der Waals surface area contributed by atoms with Crippen LogP contribution in [0, 0.1) is 10.1 Å². The second-order valence-electron chi connectivity index (χ2n) is 7.90. The van der Waals surface area contributed by atoms with E-state index in [-0.39, 0.29) is 23.2 Å². The summed E-state index contributed by atoms with van der Waals surface area (Å²) in [6, 6.07) is 2.48. The number of nitro benzene ring substituents is 1. The van der Waals surface area contributed by atoms with Gasteiger partial charge in [-0.05, 0) is 58.7 Å². The number of aliphatic hydroxyl groups is 1. The highest BCUT2D eigenvalue weighted by Crippen LogP contribution is 2.33. The smallest absolute Gasteiger partial charge is 0.412 e. The van der Waals surface area contributed by atoms with E-state index >= 15 is 0 Å². The first-order chi connectivity index (χ1) is 12.2. The Bertz CT molecular complexity index is 730. The van der Waals surface area contributed by atoms with E-state index in [0.29, 0.717) is 0 Å². The van der Waals surface area contributed by atoms with E-state index in [1.807, 2.05) is 0 Å². The van der Waals surface area contributed by atoms with Gasteiger partial charge >= 0.3 is 12.1 Å². The molecule has 1 aromatic rings. The van der Waals surface area contributed by atoms with E-state index in [9.17, 15) is 24.8 Å². The van der Waals surface area contributed by atoms with E-state index in [1.54, 1.807) is 41.5 Å². The van der Waals surface area contributed by atoms with Crippen LogP contribution in [0.15, 0.2) is 12.1 Å². The number of carbonyl (C=O) groups is 2. The van der Waals surface area contributed by atoms with Crippen molar-refractivity contribution < 1.29 is 29.1 Å². The van der Waals surface area contributed by atoms with Crippen LogP contribution in [-0.4, -0.2) is 33.3 Å². The summed E-state index contributed by atoms with van der Waals surface area (Å²) in [6.07, 6.45) is -1.27. The van der Waals surface area contributed by atoms with Crippen LogP contribution in [0.5, 0.6) is 0 Å². The average molecular weight is 382 g/mol. The molecular weight excluding hydrogens is 356 g/mol. The molecule has 9 heteroatoms. The van der Waals surface area contributed by atoms with Crippen LogP contribution >= 0.6 is 0 Å². The fraction of sp³-hybridized carbons (Fsp3) is 0.556. The molecule has 0 atom stereocenters. The lowest BCUT2D eigenvalue weighted by Crippen LogP contribution is -2.29. The van der Waals surface area contributed by atoms with E-state index in [2.05, 4.69) is 5.32 Å². The third-order valence-corrected chi connectivity index (χ3v) is 3.12. The first-order valence-electron chi connectivity index (χ1n) is 8.35. The lowest BCUT2D eigenvalue weighted by molar-refractivity contribution is -0.384. The van der Waals surface area contributed by atoms with Crippen LogP contribution in [0.25, 0.3) is 0 Å². The monoisotopic (exact) mass is 382 g/mol. The van der Waals surface area contributed by atoms with Crippen molar-refractivity contribution in [2.45, 2.75) is 65.8 Å². The number of rotatable bonds is 5. The lowest BCUT2D eigenvalue weighted by atomic mass is 10.0. The van der Waals surface area contributed by atoms with Gasteiger partial charge in [0.15, 0.2) is 0 Å². The molecule has 2 N–H and O–H groups in total. The first-order valence-corrected chi connectivity index (χ1v) is 8.35. The number of aliphatic hydroxyl groups excluding tert-OH is 1. The molecule has 0 heterocycles. The van der Waals surface area contributed by atoms with Gasteiger partial charge < -0.3 is 14.6 Å². The van der Waals surface area contributed by atoms with Crippen LogP contribution in [0.2, 0.25) is 0 Å². The third kappa shape index (κ3) is 7.22. The molecule has 150 valence electrons. The lowest BCUT2D eigenvalue weighted by Gasteiger charge is -2.22. The van der Waals surface area contributed by atoms with Crippen molar-refractivity contribution >= 4 is 23.4 Å². The molecular formula is C18H26N2O7. The second kappa shape index (κ2) is 8.34. The number of nitrogens with zero attached hydrogens (tertiary/aromatic N) is 1. The van der Waals surface area contributed by atoms with Crippen LogP contribution in [0.1, 0.15) is 52.7 Å². The molecule has 9 nitrogen and oxygen atoms in total. The van der Waals surface area contributed by atoms with Gasteiger partial charge in [0.05, 0.1) is 18.0 Å². The molecule has 0 fully saturated rings. The third-order valence-electron chi connectivity index (χ3n) is 3.12. The number of benzene rings is 1. The number of ether oxygens (including phenoxy) is 2. The molecule has 0 unspecified atom stereocenters. The minimum atomic E-state index is -0.911. The van der Waals surface area contributed by atoms with Crippen molar-refractivity contribution in [3.63, 3.8) is 0 Å². The number of amides is 1. The molecule has 1 amide bonds. The molecule has 0 aromatic heterocycles. The second-order valence-corrected chi connectivity index (χ2v) is 7.90. The fourth-order valence-electron chi connectivity index (χ4n) is 2.25. The topological polar surface area (TPSA) is 128 Å². The van der Waals surface area contributed by atoms with Gasteiger partial charge in [0.25, 0.3) is 5.69 Å². The normalized spacial score (nSPS) is 11.7. The summed E-state index contributed by atoms with van der Waals surface area (Å²) in [5, 5.41) is 23.3. The largest absolute Gasteiger partial charge is 0.460 e. The Hall–Kier alpha value is -2.68. The highest BCUT2D eigenvalue weighted by molar-refractivity contribution is 5.91. The number of carbonyl (C=O) groups excluding carboxylic acids is 2. The summed E-state index contributed by atoms with van der Waals surface area (Å²) in [7, 11) is 0. The van der Waals surface area contributed by atoms with Crippen LogP contribution in [0.4, 0.5) is 16.2 Å². The van der Waals surface area contributed by atoms with Gasteiger partial charge in [0.1, 0.15) is 16.9 Å². The Balaban J connectivity index is 3.36. The Morgan fingerprint density at radius 3 is 2.11 bits per heavy atom. The Morgan fingerprint density at radius 2 is 1.67 bits per heavy atom. The van der Waals surface area contributed by atoms with Crippen LogP contribution < -0.4 is 5.32 Å². The van der Waals surface area contributed by atoms with Gasteiger partial charge in [-0.25, -0.2) is 4.79 Å². The molecule has 27 heavy (non-hydrogen) atoms. The Labute approximate surface area is 157 Å². The molecule has 0 aliphatic rings. The molecule has 0 aliphatic carbocycles. The van der Waals surface area contributed by atoms with E-state index in [0.717, 1.165) is 6.07 Å². The first kappa shape index (κ1) is 22.4. The molecule has 0 radical (unpaired) electrons. The minimum Gasteiger partial charge on any atom is -0.460 e. The highest BCUT2D eigenvalue weighted by atomic mass is 16.6. The number of hydrogen-bond acceptors (Lipinski definition) is 7.